The van der Waals surface area contributed by atoms with Crippen LogP contribution in [0.2, 0.25) is 0 Å². The van der Waals surface area contributed by atoms with Gasteiger partial charge in [0, 0.05) is 29.8 Å². The van der Waals surface area contributed by atoms with Gasteiger partial charge in [0.25, 0.3) is 0 Å². The summed E-state index contributed by atoms with van der Waals surface area (Å²) in [5.74, 6) is 2.21. The minimum atomic E-state index is 0.0649. The van der Waals surface area contributed by atoms with Crippen LogP contribution in [0.25, 0.3) is 0 Å². The van der Waals surface area contributed by atoms with E-state index in [0.717, 1.165) is 35.8 Å². The maximum Gasteiger partial charge on any atom is 0.131 e. The van der Waals surface area contributed by atoms with Crippen molar-refractivity contribution < 1.29 is 5.11 Å². The van der Waals surface area contributed by atoms with Crippen molar-refractivity contribution in [2.45, 2.75) is 32.1 Å². The highest BCUT2D eigenvalue weighted by Gasteiger charge is 2.28. The van der Waals surface area contributed by atoms with Gasteiger partial charge in [-0.25, -0.2) is 4.98 Å². The van der Waals surface area contributed by atoms with E-state index in [2.05, 4.69) is 30.7 Å². The average Bonchev–Trinajstić information content (AvgIpc) is 2.27. The lowest BCUT2D eigenvalue weighted by atomic mass is 10.1. The second-order valence-electron chi connectivity index (χ2n) is 5.17. The fraction of sp³-hybridized carbons (Fsp3) is 0.615. The van der Waals surface area contributed by atoms with Gasteiger partial charge in [-0.2, -0.15) is 11.8 Å². The topological polar surface area (TPSA) is 36.4 Å². The van der Waals surface area contributed by atoms with Crippen molar-refractivity contribution in [2.24, 2.45) is 0 Å². The van der Waals surface area contributed by atoms with Gasteiger partial charge in [-0.3, -0.25) is 0 Å². The van der Waals surface area contributed by atoms with Gasteiger partial charge >= 0.3 is 0 Å². The second-order valence-corrected chi connectivity index (χ2v) is 6.97. The molecule has 0 aromatic carbocycles. The zero-order valence-corrected chi connectivity index (χ0v) is 11.5. The van der Waals surface area contributed by atoms with Crippen LogP contribution in [0.15, 0.2) is 12.3 Å². The lowest BCUT2D eigenvalue weighted by Gasteiger charge is -2.38. The summed E-state index contributed by atoms with van der Waals surface area (Å²) < 4.78 is 0.294. The molecule has 1 aromatic heterocycles. The maximum absolute atomic E-state index is 9.09. The summed E-state index contributed by atoms with van der Waals surface area (Å²) in [7, 11) is 0. The summed E-state index contributed by atoms with van der Waals surface area (Å²) in [5, 5.41) is 9.09. The first-order chi connectivity index (χ1) is 8.02. The Bertz CT molecular complexity index is 406. The molecule has 1 aliphatic rings. The molecule has 0 spiro atoms. The summed E-state index contributed by atoms with van der Waals surface area (Å²) in [6, 6.07) is 2.02. The van der Waals surface area contributed by atoms with E-state index < -0.39 is 0 Å². The largest absolute Gasteiger partial charge is 0.392 e. The normalized spacial score (nSPS) is 19.4. The fourth-order valence-electron chi connectivity index (χ4n) is 2.24. The van der Waals surface area contributed by atoms with Crippen molar-refractivity contribution in [3.05, 3.63) is 23.4 Å². The monoisotopic (exact) mass is 252 g/mol. The lowest BCUT2D eigenvalue weighted by Crippen LogP contribution is -2.43. The highest BCUT2D eigenvalue weighted by molar-refractivity contribution is 8.00. The van der Waals surface area contributed by atoms with Crippen LogP contribution in [0.5, 0.6) is 0 Å². The van der Waals surface area contributed by atoms with Gasteiger partial charge in [-0.05, 0) is 38.0 Å². The Labute approximate surface area is 107 Å². The van der Waals surface area contributed by atoms with Gasteiger partial charge in [-0.1, -0.05) is 0 Å². The number of pyridine rings is 1. The molecule has 0 radical (unpaired) electrons. The first kappa shape index (κ1) is 12.7. The zero-order valence-electron chi connectivity index (χ0n) is 10.7. The third-order valence-corrected chi connectivity index (χ3v) is 4.31. The average molecular weight is 252 g/mol. The number of aliphatic hydroxyl groups excluding tert-OH is 1. The van der Waals surface area contributed by atoms with E-state index in [1.807, 2.05) is 17.8 Å². The summed E-state index contributed by atoms with van der Waals surface area (Å²) in [6.45, 7) is 8.78. The molecule has 1 aliphatic heterocycles. The predicted molar refractivity (Wildman–Crippen MR) is 73.6 cm³/mol. The van der Waals surface area contributed by atoms with Crippen molar-refractivity contribution in [3.63, 3.8) is 0 Å². The van der Waals surface area contributed by atoms with E-state index in [1.165, 1.54) is 0 Å². The number of aliphatic hydroxyl groups is 1. The van der Waals surface area contributed by atoms with Crippen molar-refractivity contribution in [1.82, 2.24) is 4.98 Å². The molecular weight excluding hydrogens is 232 g/mol. The minimum Gasteiger partial charge on any atom is -0.392 e. The highest BCUT2D eigenvalue weighted by atomic mass is 32.2. The van der Waals surface area contributed by atoms with Crippen LogP contribution in [0.3, 0.4) is 0 Å². The van der Waals surface area contributed by atoms with E-state index in [9.17, 15) is 0 Å². The standard InChI is InChI=1S/C13H20N2OS/c1-10-6-11(8-16)7-14-12(10)15-4-5-17-13(2,3)9-15/h6-7,16H,4-5,8-9H2,1-3H3. The van der Waals surface area contributed by atoms with Gasteiger partial charge in [0.05, 0.1) is 6.61 Å². The van der Waals surface area contributed by atoms with Crippen LogP contribution in [-0.4, -0.2) is 33.7 Å². The number of aryl methyl sites for hydroxylation is 1. The second kappa shape index (κ2) is 4.86. The van der Waals surface area contributed by atoms with Crippen LogP contribution in [0.4, 0.5) is 5.82 Å². The van der Waals surface area contributed by atoms with Crippen LogP contribution < -0.4 is 4.90 Å². The van der Waals surface area contributed by atoms with E-state index in [1.54, 1.807) is 6.20 Å². The summed E-state index contributed by atoms with van der Waals surface area (Å²) in [6.07, 6.45) is 1.77. The Kier molecular flexibility index (Phi) is 3.64. The molecule has 94 valence electrons. The van der Waals surface area contributed by atoms with E-state index >= 15 is 0 Å². The Balaban J connectivity index is 2.22. The number of thioether (sulfide) groups is 1. The number of nitrogens with zero attached hydrogens (tertiary/aromatic N) is 2. The smallest absolute Gasteiger partial charge is 0.131 e. The number of hydrogen-bond donors (Lipinski definition) is 1. The molecule has 2 heterocycles. The third-order valence-electron chi connectivity index (χ3n) is 3.02. The van der Waals surface area contributed by atoms with Gasteiger partial charge in [-0.15, -0.1) is 0 Å². The SMILES string of the molecule is Cc1cc(CO)cnc1N1CCSC(C)(C)C1. The van der Waals surface area contributed by atoms with Gasteiger partial charge < -0.3 is 10.0 Å². The number of anilines is 1. The van der Waals surface area contributed by atoms with E-state index in [0.29, 0.717) is 4.75 Å². The number of rotatable bonds is 2. The quantitative estimate of drug-likeness (QED) is 0.875. The van der Waals surface area contributed by atoms with Gasteiger partial charge in [0.15, 0.2) is 0 Å². The Morgan fingerprint density at radius 2 is 2.29 bits per heavy atom. The Morgan fingerprint density at radius 3 is 2.88 bits per heavy atom. The molecule has 3 nitrogen and oxygen atoms in total. The fourth-order valence-corrected chi connectivity index (χ4v) is 3.35. The van der Waals surface area contributed by atoms with Crippen molar-refractivity contribution in [2.75, 3.05) is 23.7 Å². The number of hydrogen-bond acceptors (Lipinski definition) is 4. The molecule has 0 unspecified atom stereocenters. The van der Waals surface area contributed by atoms with Crippen molar-refractivity contribution in [1.29, 1.82) is 0 Å². The van der Waals surface area contributed by atoms with Crippen LogP contribution in [-0.2, 0) is 6.61 Å². The van der Waals surface area contributed by atoms with E-state index in [-0.39, 0.29) is 6.61 Å². The third kappa shape index (κ3) is 2.93. The molecule has 0 saturated carbocycles. The number of aromatic nitrogens is 1. The molecule has 1 fully saturated rings. The van der Waals surface area contributed by atoms with Crippen molar-refractivity contribution in [3.8, 4) is 0 Å². The molecule has 1 aromatic rings. The predicted octanol–water partition coefficient (Wildman–Crippen LogP) is 2.21. The van der Waals surface area contributed by atoms with Crippen LogP contribution in [0, 0.1) is 6.92 Å². The molecule has 17 heavy (non-hydrogen) atoms. The molecule has 1 N–H and O–H groups in total. The summed E-state index contributed by atoms with van der Waals surface area (Å²) in [5.41, 5.74) is 2.04. The molecule has 4 heteroatoms. The molecule has 0 atom stereocenters. The molecule has 2 rings (SSSR count). The molecule has 0 amide bonds. The Hall–Kier alpha value is -0.740. The summed E-state index contributed by atoms with van der Waals surface area (Å²) >= 11 is 2.02. The Morgan fingerprint density at radius 1 is 1.53 bits per heavy atom. The van der Waals surface area contributed by atoms with Crippen LogP contribution in [0.1, 0.15) is 25.0 Å². The van der Waals surface area contributed by atoms with Crippen molar-refractivity contribution >= 4 is 17.6 Å². The molecular formula is C13H20N2OS. The highest BCUT2D eigenvalue weighted by Crippen LogP contribution is 2.32. The first-order valence-electron chi connectivity index (χ1n) is 5.97. The maximum atomic E-state index is 9.09. The van der Waals surface area contributed by atoms with Crippen LogP contribution >= 0.6 is 11.8 Å². The lowest BCUT2D eigenvalue weighted by molar-refractivity contribution is 0.281. The van der Waals surface area contributed by atoms with Gasteiger partial charge in [0.1, 0.15) is 5.82 Å². The summed E-state index contributed by atoms with van der Waals surface area (Å²) in [4.78, 5) is 6.85. The minimum absolute atomic E-state index is 0.0649. The molecule has 0 aliphatic carbocycles. The first-order valence-corrected chi connectivity index (χ1v) is 6.96. The zero-order chi connectivity index (χ0) is 12.5. The van der Waals surface area contributed by atoms with E-state index in [4.69, 9.17) is 5.11 Å². The van der Waals surface area contributed by atoms with Gasteiger partial charge in [0.2, 0.25) is 0 Å². The molecule has 1 saturated heterocycles. The molecule has 0 bridgehead atoms.